The smallest absolute Gasteiger partial charge is 0.335 e. The average molecular weight is 480 g/mol. The van der Waals surface area contributed by atoms with Gasteiger partial charge in [-0.05, 0) is 61.1 Å². The Morgan fingerprint density at radius 1 is 1.15 bits per heavy atom. The first-order chi connectivity index (χ1) is 16.0. The van der Waals surface area contributed by atoms with E-state index in [2.05, 4.69) is 5.32 Å². The highest BCUT2D eigenvalue weighted by Crippen LogP contribution is 2.40. The number of anilines is 1. The highest BCUT2D eigenvalue weighted by molar-refractivity contribution is 7.19. The molecule has 4 aromatic rings. The van der Waals surface area contributed by atoms with E-state index in [4.69, 9.17) is 26.3 Å². The average Bonchev–Trinajstić information content (AvgIpc) is 3.21. The molecular weight excluding hydrogens is 458 g/mol. The van der Waals surface area contributed by atoms with Gasteiger partial charge in [0, 0.05) is 17.0 Å². The molecule has 0 saturated heterocycles. The summed E-state index contributed by atoms with van der Waals surface area (Å²) in [7, 11) is 1.60. The van der Waals surface area contributed by atoms with Crippen LogP contribution in [0.25, 0.3) is 21.6 Å². The van der Waals surface area contributed by atoms with Gasteiger partial charge >= 0.3 is 5.97 Å². The van der Waals surface area contributed by atoms with Gasteiger partial charge in [-0.2, -0.15) is 0 Å². The number of aryl methyl sites for hydroxylation is 2. The zero-order chi connectivity index (χ0) is 22.9. The van der Waals surface area contributed by atoms with E-state index in [-0.39, 0.29) is 5.56 Å². The van der Waals surface area contributed by atoms with Crippen LogP contribution in [0.2, 0.25) is 5.02 Å². The third-order valence-electron chi connectivity index (χ3n) is 5.88. The number of fused-ring (bicyclic) bond motifs is 3. The molecule has 0 radical (unpaired) electrons. The molecular formula is C25H22ClN3O3S. The summed E-state index contributed by atoms with van der Waals surface area (Å²) in [4.78, 5) is 23.3. The molecule has 0 unspecified atom stereocenters. The summed E-state index contributed by atoms with van der Waals surface area (Å²) in [6, 6.07) is 12.4. The van der Waals surface area contributed by atoms with Crippen molar-refractivity contribution in [1.82, 2.24) is 9.97 Å². The molecule has 0 saturated carbocycles. The fourth-order valence-electron chi connectivity index (χ4n) is 4.18. The number of aromatic carboxylic acids is 1. The minimum Gasteiger partial charge on any atom is -0.495 e. The largest absolute Gasteiger partial charge is 0.495 e. The number of nitrogens with zero attached hydrogens (tertiary/aromatic N) is 2. The fourth-order valence-corrected chi connectivity index (χ4v) is 5.72. The second-order valence-corrected chi connectivity index (χ2v) is 9.48. The number of carboxylic acid groups (broad SMARTS) is 1. The third-order valence-corrected chi connectivity index (χ3v) is 7.36. The quantitative estimate of drug-likeness (QED) is 0.342. The lowest BCUT2D eigenvalue weighted by molar-refractivity contribution is 0.0697. The Labute approximate surface area is 200 Å². The normalized spacial score (nSPS) is 13.0. The Bertz CT molecular complexity index is 1350. The van der Waals surface area contributed by atoms with Crippen molar-refractivity contribution in [3.8, 4) is 17.1 Å². The Morgan fingerprint density at radius 2 is 1.94 bits per heavy atom. The first-order valence-electron chi connectivity index (χ1n) is 10.8. The summed E-state index contributed by atoms with van der Waals surface area (Å²) in [5, 5.41) is 14.4. The molecule has 33 heavy (non-hydrogen) atoms. The molecule has 2 aromatic heterocycles. The molecule has 0 bridgehead atoms. The molecule has 2 aromatic carbocycles. The van der Waals surface area contributed by atoms with Crippen molar-refractivity contribution in [2.45, 2.75) is 32.2 Å². The van der Waals surface area contributed by atoms with Crippen LogP contribution < -0.4 is 10.1 Å². The molecule has 168 valence electrons. The van der Waals surface area contributed by atoms with Crippen LogP contribution in [0.15, 0.2) is 42.5 Å². The van der Waals surface area contributed by atoms with Crippen molar-refractivity contribution in [1.29, 1.82) is 0 Å². The molecule has 1 aliphatic carbocycles. The van der Waals surface area contributed by atoms with Gasteiger partial charge in [0.05, 0.1) is 23.1 Å². The van der Waals surface area contributed by atoms with Gasteiger partial charge in [0.15, 0.2) is 5.82 Å². The van der Waals surface area contributed by atoms with Crippen LogP contribution in [0.1, 0.15) is 39.2 Å². The van der Waals surface area contributed by atoms with Crippen molar-refractivity contribution in [3.05, 3.63) is 69.1 Å². The fraction of sp³-hybridized carbons (Fsp3) is 0.240. The highest BCUT2D eigenvalue weighted by Gasteiger charge is 2.21. The number of carbonyl (C=O) groups is 1. The van der Waals surface area contributed by atoms with E-state index in [1.807, 2.05) is 18.2 Å². The van der Waals surface area contributed by atoms with Crippen LogP contribution >= 0.6 is 22.9 Å². The summed E-state index contributed by atoms with van der Waals surface area (Å²) in [6.45, 7) is 0.553. The number of thiophene rings is 1. The van der Waals surface area contributed by atoms with Crippen molar-refractivity contribution in [2.24, 2.45) is 0 Å². The zero-order valence-electron chi connectivity index (χ0n) is 18.0. The second-order valence-electron chi connectivity index (χ2n) is 7.99. The molecule has 0 atom stereocenters. The lowest BCUT2D eigenvalue weighted by Crippen LogP contribution is -2.06. The maximum absolute atomic E-state index is 11.2. The first-order valence-corrected chi connectivity index (χ1v) is 11.9. The number of ether oxygens (including phenoxy) is 1. The van der Waals surface area contributed by atoms with E-state index in [1.165, 1.54) is 23.3 Å². The second kappa shape index (κ2) is 9.00. The minimum absolute atomic E-state index is 0.237. The van der Waals surface area contributed by atoms with Crippen LogP contribution in [0, 0.1) is 0 Å². The number of hydrogen-bond donors (Lipinski definition) is 2. The van der Waals surface area contributed by atoms with Gasteiger partial charge in [-0.25, -0.2) is 14.8 Å². The van der Waals surface area contributed by atoms with Gasteiger partial charge in [0.25, 0.3) is 0 Å². The van der Waals surface area contributed by atoms with E-state index >= 15 is 0 Å². The van der Waals surface area contributed by atoms with Gasteiger partial charge in [-0.3, -0.25) is 0 Å². The van der Waals surface area contributed by atoms with E-state index in [0.29, 0.717) is 23.1 Å². The first kappa shape index (κ1) is 21.7. The topological polar surface area (TPSA) is 84.3 Å². The number of hydrogen-bond acceptors (Lipinski definition) is 6. The lowest BCUT2D eigenvalue weighted by atomic mass is 9.97. The zero-order valence-corrected chi connectivity index (χ0v) is 19.6. The van der Waals surface area contributed by atoms with Crippen LogP contribution in [0.5, 0.6) is 5.75 Å². The standard InChI is InChI=1S/C25H22ClN3O3S/c1-32-19-11-6-14(12-18(19)26)13-27-23-21-17-4-2-3-5-20(17)33-24(21)29-22(28-23)15-7-9-16(10-8-15)25(30)31/h6-12H,2-5,13H2,1H3,(H,30,31)(H,27,28,29). The van der Waals surface area contributed by atoms with Gasteiger partial charge in [0.1, 0.15) is 16.4 Å². The highest BCUT2D eigenvalue weighted by atomic mass is 35.5. The molecule has 0 spiro atoms. The van der Waals surface area contributed by atoms with Crippen molar-refractivity contribution in [3.63, 3.8) is 0 Å². The summed E-state index contributed by atoms with van der Waals surface area (Å²) < 4.78 is 5.25. The van der Waals surface area contributed by atoms with Crippen LogP contribution in [0.3, 0.4) is 0 Å². The molecule has 2 N–H and O–H groups in total. The number of halogens is 1. The molecule has 1 aliphatic rings. The molecule has 0 amide bonds. The number of methoxy groups -OCH3 is 1. The third kappa shape index (κ3) is 4.26. The van der Waals surface area contributed by atoms with E-state index in [9.17, 15) is 9.90 Å². The Hall–Kier alpha value is -3.16. The summed E-state index contributed by atoms with van der Waals surface area (Å²) in [5.41, 5.74) is 3.39. The summed E-state index contributed by atoms with van der Waals surface area (Å²) in [5.74, 6) is 1.06. The Morgan fingerprint density at radius 3 is 2.67 bits per heavy atom. The van der Waals surface area contributed by atoms with Gasteiger partial charge in [-0.15, -0.1) is 11.3 Å². The van der Waals surface area contributed by atoms with Gasteiger partial charge < -0.3 is 15.2 Å². The summed E-state index contributed by atoms with van der Waals surface area (Å²) in [6.07, 6.45) is 4.48. The number of aromatic nitrogens is 2. The van der Waals surface area contributed by atoms with E-state index < -0.39 is 5.97 Å². The number of carboxylic acids is 1. The molecule has 0 aliphatic heterocycles. The van der Waals surface area contributed by atoms with Crippen LogP contribution in [-0.4, -0.2) is 28.2 Å². The predicted molar refractivity (Wildman–Crippen MR) is 132 cm³/mol. The van der Waals surface area contributed by atoms with E-state index in [1.54, 1.807) is 42.7 Å². The molecule has 8 heteroatoms. The monoisotopic (exact) mass is 479 g/mol. The van der Waals surface area contributed by atoms with Crippen molar-refractivity contribution < 1.29 is 14.6 Å². The van der Waals surface area contributed by atoms with Crippen LogP contribution in [0.4, 0.5) is 5.82 Å². The SMILES string of the molecule is COc1ccc(CNc2nc(-c3ccc(C(=O)O)cc3)nc3sc4c(c23)CCCC4)cc1Cl. The van der Waals surface area contributed by atoms with Crippen molar-refractivity contribution in [2.75, 3.05) is 12.4 Å². The van der Waals surface area contributed by atoms with Gasteiger partial charge in [0.2, 0.25) is 0 Å². The van der Waals surface area contributed by atoms with Gasteiger partial charge in [-0.1, -0.05) is 29.8 Å². The number of benzene rings is 2. The number of rotatable bonds is 6. The van der Waals surface area contributed by atoms with Crippen LogP contribution in [-0.2, 0) is 19.4 Å². The van der Waals surface area contributed by atoms with Crippen molar-refractivity contribution >= 4 is 44.9 Å². The Kier molecular flexibility index (Phi) is 5.91. The maximum Gasteiger partial charge on any atom is 0.335 e. The van der Waals surface area contributed by atoms with E-state index in [0.717, 1.165) is 40.0 Å². The molecule has 0 fully saturated rings. The maximum atomic E-state index is 11.2. The molecule has 2 heterocycles. The molecule has 5 rings (SSSR count). The Balaban J connectivity index is 1.55. The minimum atomic E-state index is -0.954. The summed E-state index contributed by atoms with van der Waals surface area (Å²) >= 11 is 8.04. The number of nitrogens with one attached hydrogen (secondary N) is 1. The predicted octanol–water partition coefficient (Wildman–Crippen LogP) is 6.21. The lowest BCUT2D eigenvalue weighted by Gasteiger charge is -2.14. The molecule has 6 nitrogen and oxygen atoms in total.